The second kappa shape index (κ2) is 17.4. The molecule has 0 saturated carbocycles. The second-order valence-corrected chi connectivity index (χ2v) is 15.4. The van der Waals surface area contributed by atoms with Crippen molar-refractivity contribution in [3.05, 3.63) is 136 Å². The van der Waals surface area contributed by atoms with Gasteiger partial charge in [-0.15, -0.1) is 36.4 Å². The average Bonchev–Trinajstić information content (AvgIpc) is 3.68. The molecule has 1 atom stereocenters. The molecule has 0 saturated heterocycles. The summed E-state index contributed by atoms with van der Waals surface area (Å²) in [7, 11) is 0. The molecule has 0 bridgehead atoms. The summed E-state index contributed by atoms with van der Waals surface area (Å²) in [5, 5.41) is 0. The summed E-state index contributed by atoms with van der Waals surface area (Å²) < 4.78 is 3.34. The van der Waals surface area contributed by atoms with E-state index >= 15 is 0 Å². The van der Waals surface area contributed by atoms with E-state index in [-0.39, 0.29) is 43.1 Å². The summed E-state index contributed by atoms with van der Waals surface area (Å²) in [4.78, 5) is 0. The summed E-state index contributed by atoms with van der Waals surface area (Å²) in [6.07, 6.45) is 14.1. The zero-order valence-corrected chi connectivity index (χ0v) is 36.4. The molecule has 264 valence electrons. The molecule has 4 aliphatic carbocycles. The quantitative estimate of drug-likeness (QED) is 0.169. The van der Waals surface area contributed by atoms with Gasteiger partial charge in [0.05, 0.1) is 0 Å². The Hall–Kier alpha value is -2.05. The number of halogens is 2. The molecule has 3 heteroatoms. The minimum atomic E-state index is 0. The van der Waals surface area contributed by atoms with Gasteiger partial charge in [0.15, 0.2) is 0 Å². The Bertz CT molecular complexity index is 1660. The Morgan fingerprint density at radius 2 is 1.37 bits per heavy atom. The fourth-order valence-electron chi connectivity index (χ4n) is 7.49. The van der Waals surface area contributed by atoms with Crippen LogP contribution in [-0.2, 0) is 41.5 Å². The number of aryl methyl sites for hydroxylation is 1. The largest absolute Gasteiger partial charge is 0.358 e. The number of hydrogen-bond acceptors (Lipinski definition) is 0. The van der Waals surface area contributed by atoms with Gasteiger partial charge < -0.3 is 7.43 Å². The molecule has 0 nitrogen and oxygen atoms in total. The molecule has 49 heavy (non-hydrogen) atoms. The van der Waals surface area contributed by atoms with Gasteiger partial charge in [0.25, 0.3) is 0 Å². The van der Waals surface area contributed by atoms with E-state index in [4.69, 9.17) is 0 Å². The molecule has 7 rings (SSSR count). The molecular formula is C46H58Cl2Zr-4. The number of rotatable bonds is 1. The predicted octanol–water partition coefficient (Wildman–Crippen LogP) is 13.3. The normalized spacial score (nSPS) is 17.7. The van der Waals surface area contributed by atoms with Crippen molar-refractivity contribution in [2.45, 2.75) is 107 Å². The van der Waals surface area contributed by atoms with Crippen LogP contribution in [0.4, 0.5) is 0 Å². The van der Waals surface area contributed by atoms with Crippen molar-refractivity contribution >= 4 is 40.2 Å². The third-order valence-corrected chi connectivity index (χ3v) is 9.62. The molecular weight excluding hydrogens is 715 g/mol. The van der Waals surface area contributed by atoms with Crippen LogP contribution in [0.3, 0.4) is 0 Å². The topological polar surface area (TPSA) is 0 Å². The van der Waals surface area contributed by atoms with Crippen LogP contribution in [0.5, 0.6) is 0 Å². The Kier molecular flexibility index (Phi) is 16.0. The van der Waals surface area contributed by atoms with Gasteiger partial charge in [0.2, 0.25) is 0 Å². The van der Waals surface area contributed by atoms with Gasteiger partial charge in [-0.1, -0.05) is 118 Å². The first-order valence-corrected chi connectivity index (χ1v) is 18.6. The van der Waals surface area contributed by atoms with Crippen molar-refractivity contribution in [2.24, 2.45) is 11.3 Å². The number of allylic oxidation sites excluding steroid dienone is 8. The molecule has 3 aromatic carbocycles. The standard InChI is InChI=1S/C25H25.C12H19.C7H7.CH3.CH2.2ClH.Zr/c1-14-12-24(3,4)22-8-16-7-17-9-23-19(15(2)13-25(23,5)6)11-21(17)20(16)10-18(14)22;1-6-10-7-9(2)8-11(10)12(3,4)5;1-7-5-3-2-4-6-7;;;;;/h8-12H,7H2,1-6H3;8-9H,6H2,1-5H3;3-6H,1H3;1H3;1H2;2*1H;/q4*-1;;;;. The van der Waals surface area contributed by atoms with Crippen molar-refractivity contribution in [3.8, 4) is 11.1 Å². The van der Waals surface area contributed by atoms with E-state index in [0.29, 0.717) is 11.3 Å². The summed E-state index contributed by atoms with van der Waals surface area (Å²) in [6, 6.07) is 20.6. The first kappa shape index (κ1) is 45.0. The van der Waals surface area contributed by atoms with Crippen LogP contribution < -0.4 is 0 Å². The van der Waals surface area contributed by atoms with E-state index in [0.717, 1.165) is 12.8 Å². The molecule has 0 spiro atoms. The van der Waals surface area contributed by atoms with Gasteiger partial charge in [-0.25, -0.2) is 11.1 Å². The van der Waals surface area contributed by atoms with Crippen LogP contribution >= 0.6 is 24.8 Å². The van der Waals surface area contributed by atoms with Gasteiger partial charge in [-0.2, -0.15) is 53.1 Å². The Morgan fingerprint density at radius 3 is 1.84 bits per heavy atom. The van der Waals surface area contributed by atoms with Gasteiger partial charge in [-0.05, 0) is 58.4 Å². The summed E-state index contributed by atoms with van der Waals surface area (Å²) in [6.45, 7) is 27.0. The smallest absolute Gasteiger partial charge is 0.358 e. The molecule has 0 aliphatic heterocycles. The SMILES string of the molecule is CC1=[C-]C(C)(C)c2cc3c(cc21)-c1cc2c(cc1C3)C(C)(C)C=C2C.CCC1=[C-]C(C)C=C1C(C)(C)C.Cc1cc[c-]cc1.Cl.Cl.[CH2]=[Zr].[CH3-]. The first-order valence-electron chi connectivity index (χ1n) is 16.8. The fourth-order valence-corrected chi connectivity index (χ4v) is 7.49. The van der Waals surface area contributed by atoms with Crippen LogP contribution in [0.1, 0.15) is 122 Å². The Labute approximate surface area is 327 Å². The molecule has 0 amide bonds. The fraction of sp³-hybridized carbons (Fsp3) is 0.391. The predicted molar refractivity (Wildman–Crippen MR) is 219 cm³/mol. The Morgan fingerprint density at radius 1 is 0.837 bits per heavy atom. The molecule has 3 aromatic rings. The molecule has 0 fully saturated rings. The molecule has 0 radical (unpaired) electrons. The van der Waals surface area contributed by atoms with E-state index in [1.807, 2.05) is 24.3 Å². The average molecular weight is 773 g/mol. The van der Waals surface area contributed by atoms with E-state index in [2.05, 4.69) is 142 Å². The van der Waals surface area contributed by atoms with E-state index < -0.39 is 0 Å². The molecule has 0 aromatic heterocycles. The zero-order chi connectivity index (χ0) is 34.2. The van der Waals surface area contributed by atoms with Gasteiger partial charge >= 0.3 is 28.4 Å². The molecule has 1 unspecified atom stereocenters. The van der Waals surface area contributed by atoms with Crippen molar-refractivity contribution in [1.29, 1.82) is 0 Å². The van der Waals surface area contributed by atoms with Crippen LogP contribution in [-0.4, -0.2) is 4.21 Å². The van der Waals surface area contributed by atoms with Crippen molar-refractivity contribution < 1.29 is 24.2 Å². The van der Waals surface area contributed by atoms with Crippen LogP contribution in [0.2, 0.25) is 0 Å². The maximum atomic E-state index is 3.65. The van der Waals surface area contributed by atoms with E-state index in [1.165, 1.54) is 96.6 Å². The number of fused-ring (bicyclic) bond motifs is 5. The van der Waals surface area contributed by atoms with Gasteiger partial charge in [0, 0.05) is 5.41 Å². The maximum absolute atomic E-state index is 3.65. The number of benzene rings is 3. The summed E-state index contributed by atoms with van der Waals surface area (Å²) in [5.41, 5.74) is 19.1. The van der Waals surface area contributed by atoms with Gasteiger partial charge in [-0.3, -0.25) is 12.2 Å². The Balaban J connectivity index is 0.000000422. The zero-order valence-electron chi connectivity index (χ0n) is 32.3. The number of hydrogen-bond donors (Lipinski definition) is 0. The second-order valence-electron chi connectivity index (χ2n) is 15.4. The molecule has 0 N–H and O–H groups in total. The third kappa shape index (κ3) is 9.64. The van der Waals surface area contributed by atoms with E-state index in [1.54, 1.807) is 0 Å². The maximum Gasteiger partial charge on any atom is -0.358 e. The van der Waals surface area contributed by atoms with Crippen molar-refractivity contribution in [2.75, 3.05) is 0 Å². The van der Waals surface area contributed by atoms with Crippen molar-refractivity contribution in [3.63, 3.8) is 0 Å². The monoisotopic (exact) mass is 770 g/mol. The van der Waals surface area contributed by atoms with Crippen LogP contribution in [0, 0.1) is 43.9 Å². The third-order valence-electron chi connectivity index (χ3n) is 9.62. The first-order chi connectivity index (χ1) is 21.5. The van der Waals surface area contributed by atoms with Crippen molar-refractivity contribution in [1.82, 2.24) is 0 Å². The minimum absolute atomic E-state index is 0. The molecule has 0 heterocycles. The van der Waals surface area contributed by atoms with E-state index in [9.17, 15) is 0 Å². The minimum Gasteiger partial charge on any atom is -0.358 e. The summed E-state index contributed by atoms with van der Waals surface area (Å²) in [5.74, 6) is 0.522. The van der Waals surface area contributed by atoms with Crippen LogP contribution in [0.15, 0.2) is 71.8 Å². The van der Waals surface area contributed by atoms with Gasteiger partial charge in [0.1, 0.15) is 0 Å². The molecule has 4 aliphatic rings. The van der Waals surface area contributed by atoms with Crippen LogP contribution in [0.25, 0.3) is 22.3 Å². The summed E-state index contributed by atoms with van der Waals surface area (Å²) >= 11 is 1.30.